The van der Waals surface area contributed by atoms with E-state index in [1.165, 1.54) is 0 Å². The molecule has 0 unspecified atom stereocenters. The number of anilines is 1. The molecule has 0 saturated heterocycles. The lowest BCUT2D eigenvalue weighted by Gasteiger charge is -2.10. The smallest absolute Gasteiger partial charge is 0.172 e. The summed E-state index contributed by atoms with van der Waals surface area (Å²) < 4.78 is 6.33. The highest BCUT2D eigenvalue weighted by Crippen LogP contribution is 2.20. The van der Waals surface area contributed by atoms with Crippen LogP contribution in [0, 0.1) is 13.8 Å². The van der Waals surface area contributed by atoms with Crippen molar-refractivity contribution in [3.63, 3.8) is 0 Å². The molecule has 0 radical (unpaired) electrons. The molecule has 0 aliphatic heterocycles. The minimum atomic E-state index is 0.506. The zero-order valence-electron chi connectivity index (χ0n) is 10.7. The molecule has 100 valence electrons. The van der Waals surface area contributed by atoms with E-state index in [1.807, 2.05) is 32.0 Å². The first kappa shape index (κ1) is 14.0. The molecule has 0 spiro atoms. The molecular weight excluding hydrogens is 326 g/mol. The van der Waals surface area contributed by atoms with E-state index < -0.39 is 0 Å². The van der Waals surface area contributed by atoms with E-state index in [4.69, 9.17) is 16.6 Å². The van der Waals surface area contributed by atoms with Gasteiger partial charge in [-0.2, -0.15) is 0 Å². The molecule has 19 heavy (non-hydrogen) atoms. The summed E-state index contributed by atoms with van der Waals surface area (Å²) in [6.45, 7) is 4.44. The molecule has 6 heteroatoms. The first-order chi connectivity index (χ1) is 9.04. The average Bonchev–Trinajstić information content (AvgIpc) is 2.76. The molecule has 0 bridgehead atoms. The Bertz CT molecular complexity index is 597. The fourth-order valence-electron chi connectivity index (χ4n) is 1.52. The number of nitrogens with zero attached hydrogens (tertiary/aromatic N) is 1. The van der Waals surface area contributed by atoms with Crippen LogP contribution in [-0.4, -0.2) is 10.1 Å². The lowest BCUT2D eigenvalue weighted by Crippen LogP contribution is -2.28. The number of hydrogen-bond acceptors (Lipinski definition) is 3. The van der Waals surface area contributed by atoms with Gasteiger partial charge in [-0.3, -0.25) is 0 Å². The van der Waals surface area contributed by atoms with E-state index in [0.717, 1.165) is 21.6 Å². The fraction of sp³-hybridized carbons (Fsp3) is 0.231. The maximum Gasteiger partial charge on any atom is 0.172 e. The predicted molar refractivity (Wildman–Crippen MR) is 83.2 cm³/mol. The monoisotopic (exact) mass is 339 g/mol. The molecule has 2 rings (SSSR count). The van der Waals surface area contributed by atoms with Gasteiger partial charge in [0.25, 0.3) is 0 Å². The molecular formula is C13H14BrN3OS. The number of rotatable bonds is 3. The first-order valence-electron chi connectivity index (χ1n) is 5.77. The van der Waals surface area contributed by atoms with Gasteiger partial charge in [-0.1, -0.05) is 0 Å². The molecule has 2 heterocycles. The van der Waals surface area contributed by atoms with Gasteiger partial charge in [-0.05, 0) is 65.8 Å². The van der Waals surface area contributed by atoms with Crippen LogP contribution in [0.5, 0.6) is 0 Å². The zero-order chi connectivity index (χ0) is 13.8. The molecule has 2 aromatic heterocycles. The molecule has 0 fully saturated rings. The molecule has 0 aliphatic carbocycles. The highest BCUT2D eigenvalue weighted by Gasteiger charge is 2.05. The first-order valence-corrected chi connectivity index (χ1v) is 6.97. The van der Waals surface area contributed by atoms with Crippen molar-refractivity contribution in [2.45, 2.75) is 20.4 Å². The SMILES string of the molecule is Cc1cnc(NC(=S)NCc2ccc(C)o2)c(Br)c1. The third kappa shape index (κ3) is 4.04. The summed E-state index contributed by atoms with van der Waals surface area (Å²) in [6, 6.07) is 5.82. The Kier molecular flexibility index (Phi) is 4.55. The highest BCUT2D eigenvalue weighted by molar-refractivity contribution is 9.10. The van der Waals surface area contributed by atoms with Crippen LogP contribution < -0.4 is 10.6 Å². The average molecular weight is 340 g/mol. The quantitative estimate of drug-likeness (QED) is 0.837. The Labute approximate surface area is 125 Å². The number of nitrogens with one attached hydrogen (secondary N) is 2. The lowest BCUT2D eigenvalue weighted by atomic mass is 10.3. The number of furan rings is 1. The predicted octanol–water partition coefficient (Wildman–Crippen LogP) is 3.54. The summed E-state index contributed by atoms with van der Waals surface area (Å²) in [7, 11) is 0. The third-order valence-electron chi connectivity index (χ3n) is 2.43. The van der Waals surface area contributed by atoms with Crippen LogP contribution in [0.4, 0.5) is 5.82 Å². The van der Waals surface area contributed by atoms with E-state index >= 15 is 0 Å². The van der Waals surface area contributed by atoms with E-state index in [0.29, 0.717) is 17.5 Å². The molecule has 0 saturated carbocycles. The van der Waals surface area contributed by atoms with Crippen molar-refractivity contribution in [3.05, 3.63) is 46.0 Å². The minimum absolute atomic E-state index is 0.506. The summed E-state index contributed by atoms with van der Waals surface area (Å²) in [5.74, 6) is 2.43. The second-order valence-electron chi connectivity index (χ2n) is 4.16. The molecule has 2 aromatic rings. The number of aromatic nitrogens is 1. The summed E-state index contributed by atoms with van der Waals surface area (Å²) >= 11 is 8.65. The third-order valence-corrected chi connectivity index (χ3v) is 3.28. The van der Waals surface area contributed by atoms with Crippen molar-refractivity contribution in [3.8, 4) is 0 Å². The molecule has 0 aliphatic rings. The normalized spacial score (nSPS) is 10.3. The molecule has 4 nitrogen and oxygen atoms in total. The summed E-state index contributed by atoms with van der Waals surface area (Å²) in [6.07, 6.45) is 1.78. The second-order valence-corrected chi connectivity index (χ2v) is 5.43. The number of hydrogen-bond donors (Lipinski definition) is 2. The van der Waals surface area contributed by atoms with E-state index in [9.17, 15) is 0 Å². The Hall–Kier alpha value is -1.40. The van der Waals surface area contributed by atoms with Crippen molar-refractivity contribution in [1.29, 1.82) is 0 Å². The second kappa shape index (κ2) is 6.16. The van der Waals surface area contributed by atoms with E-state index in [2.05, 4.69) is 31.5 Å². The number of pyridine rings is 1. The van der Waals surface area contributed by atoms with Crippen LogP contribution in [0.3, 0.4) is 0 Å². The van der Waals surface area contributed by atoms with Crippen LogP contribution in [0.25, 0.3) is 0 Å². The summed E-state index contributed by atoms with van der Waals surface area (Å²) in [5.41, 5.74) is 1.09. The summed E-state index contributed by atoms with van der Waals surface area (Å²) in [5, 5.41) is 6.61. The Balaban J connectivity index is 1.90. The van der Waals surface area contributed by atoms with Crippen molar-refractivity contribution >= 4 is 39.1 Å². The number of halogens is 1. The maximum absolute atomic E-state index is 5.45. The maximum atomic E-state index is 5.45. The van der Waals surface area contributed by atoms with Crippen LogP contribution in [0.15, 0.2) is 33.3 Å². The zero-order valence-corrected chi connectivity index (χ0v) is 13.1. The van der Waals surface area contributed by atoms with Crippen LogP contribution >= 0.6 is 28.1 Å². The van der Waals surface area contributed by atoms with Gasteiger partial charge in [0.2, 0.25) is 0 Å². The Morgan fingerprint density at radius 2 is 2.21 bits per heavy atom. The fourth-order valence-corrected chi connectivity index (χ4v) is 2.26. The lowest BCUT2D eigenvalue weighted by molar-refractivity contribution is 0.478. The molecule has 0 aromatic carbocycles. The minimum Gasteiger partial charge on any atom is -0.465 e. The van der Waals surface area contributed by atoms with Crippen molar-refractivity contribution in [1.82, 2.24) is 10.3 Å². The topological polar surface area (TPSA) is 50.1 Å². The van der Waals surface area contributed by atoms with E-state index in [1.54, 1.807) is 6.20 Å². The van der Waals surface area contributed by atoms with Gasteiger partial charge in [0.15, 0.2) is 5.11 Å². The summed E-state index contributed by atoms with van der Waals surface area (Å²) in [4.78, 5) is 4.27. The van der Waals surface area contributed by atoms with Gasteiger partial charge >= 0.3 is 0 Å². The Morgan fingerprint density at radius 1 is 1.42 bits per heavy atom. The van der Waals surface area contributed by atoms with Crippen molar-refractivity contribution in [2.75, 3.05) is 5.32 Å². The van der Waals surface area contributed by atoms with Crippen LogP contribution in [-0.2, 0) is 6.54 Å². The van der Waals surface area contributed by atoms with Crippen molar-refractivity contribution < 1.29 is 4.42 Å². The van der Waals surface area contributed by atoms with Gasteiger partial charge in [-0.15, -0.1) is 0 Å². The van der Waals surface area contributed by atoms with Gasteiger partial charge in [-0.25, -0.2) is 4.98 Å². The largest absolute Gasteiger partial charge is 0.465 e. The molecule has 2 N–H and O–H groups in total. The van der Waals surface area contributed by atoms with Gasteiger partial charge in [0.05, 0.1) is 11.0 Å². The Morgan fingerprint density at radius 3 is 2.84 bits per heavy atom. The van der Waals surface area contributed by atoms with Gasteiger partial charge < -0.3 is 15.1 Å². The highest BCUT2D eigenvalue weighted by atomic mass is 79.9. The molecule has 0 amide bonds. The van der Waals surface area contributed by atoms with E-state index in [-0.39, 0.29) is 0 Å². The van der Waals surface area contributed by atoms with Gasteiger partial charge in [0, 0.05) is 6.20 Å². The van der Waals surface area contributed by atoms with Crippen LogP contribution in [0.1, 0.15) is 17.1 Å². The number of aryl methyl sites for hydroxylation is 2. The number of thiocarbonyl (C=S) groups is 1. The van der Waals surface area contributed by atoms with Crippen LogP contribution in [0.2, 0.25) is 0 Å². The van der Waals surface area contributed by atoms with Gasteiger partial charge in [0.1, 0.15) is 17.3 Å². The molecule has 0 atom stereocenters. The van der Waals surface area contributed by atoms with Crippen molar-refractivity contribution in [2.24, 2.45) is 0 Å². The standard InChI is InChI=1S/C13H14BrN3OS/c1-8-5-11(14)12(15-6-8)17-13(19)16-7-10-4-3-9(2)18-10/h3-6H,7H2,1-2H3,(H2,15,16,17,19).